The fourth-order valence-corrected chi connectivity index (χ4v) is 11.9. The van der Waals surface area contributed by atoms with Crippen LogP contribution in [0.3, 0.4) is 0 Å². The Morgan fingerprint density at radius 3 is 1.63 bits per heavy atom. The van der Waals surface area contributed by atoms with E-state index in [4.69, 9.17) is 51.2 Å². The van der Waals surface area contributed by atoms with E-state index in [-0.39, 0.29) is 32.5 Å². The first-order chi connectivity index (χ1) is 17.6. The van der Waals surface area contributed by atoms with Gasteiger partial charge in [-0.15, -0.1) is 0 Å². The van der Waals surface area contributed by atoms with Crippen molar-refractivity contribution < 1.29 is 57.0 Å². The van der Waals surface area contributed by atoms with Crippen molar-refractivity contribution in [2.45, 2.75) is 57.0 Å². The number of carboxylic acids is 2. The van der Waals surface area contributed by atoms with Crippen LogP contribution >= 0.6 is 34.2 Å². The number of carbonyl (C=O) groups excluding carboxylic acids is 2. The molecule has 12 nitrogen and oxygen atoms in total. The molecule has 0 aliphatic rings. The van der Waals surface area contributed by atoms with Crippen LogP contribution in [0.4, 0.5) is 0 Å². The summed E-state index contributed by atoms with van der Waals surface area (Å²) < 4.78 is 28.5. The highest BCUT2D eigenvalue weighted by Gasteiger charge is 2.51. The second kappa shape index (κ2) is 19.7. The van der Waals surface area contributed by atoms with Crippen LogP contribution in [-0.4, -0.2) is 85.7 Å². The van der Waals surface area contributed by atoms with Gasteiger partial charge in [-0.1, -0.05) is 36.6 Å². The van der Waals surface area contributed by atoms with Crippen molar-refractivity contribution in [3.8, 4) is 0 Å². The molecule has 0 aromatic rings. The molecule has 0 aromatic carbocycles. The number of hydrogen-bond acceptors (Lipinski definition) is 14. The van der Waals surface area contributed by atoms with Crippen molar-refractivity contribution in [1.29, 1.82) is 0 Å². The average molecular weight is 661 g/mol. The number of aliphatic carboxylic acids is 2. The van der Waals surface area contributed by atoms with Gasteiger partial charge in [0, 0.05) is 28.4 Å². The highest BCUT2D eigenvalue weighted by Crippen LogP contribution is 2.67. The van der Waals surface area contributed by atoms with Crippen LogP contribution in [0, 0.1) is 5.92 Å². The third kappa shape index (κ3) is 12.9. The second-order valence-electron chi connectivity index (χ2n) is 6.92. The molecule has 0 radical (unpaired) electrons. The zero-order chi connectivity index (χ0) is 30.2. The Hall–Kier alpha value is -0.280. The van der Waals surface area contributed by atoms with Crippen LogP contribution in [0.25, 0.3) is 0 Å². The van der Waals surface area contributed by atoms with Crippen LogP contribution < -0.4 is 0 Å². The summed E-state index contributed by atoms with van der Waals surface area (Å²) in [6.07, 6.45) is 0.177. The van der Waals surface area contributed by atoms with Crippen molar-refractivity contribution in [3.63, 3.8) is 0 Å². The van der Waals surface area contributed by atoms with Crippen molar-refractivity contribution in [3.05, 3.63) is 0 Å². The molecule has 0 saturated carbocycles. The van der Waals surface area contributed by atoms with Crippen LogP contribution in [-0.2, 0) is 70.4 Å². The van der Waals surface area contributed by atoms with Gasteiger partial charge in [0.1, 0.15) is 10.00 Å². The monoisotopic (exact) mass is 660 g/mol. The number of esters is 2. The number of hydrogen-bond donors (Lipinski definition) is 2. The molecule has 0 rings (SSSR count). The van der Waals surface area contributed by atoms with Crippen LogP contribution in [0.5, 0.6) is 0 Å². The molecule has 3 atom stereocenters. The number of carbonyl (C=O) groups is 4. The maximum Gasteiger partial charge on any atom is 0.321 e. The molecule has 0 bridgehead atoms. The predicted octanol–water partition coefficient (Wildman–Crippen LogP) is 4.70. The van der Waals surface area contributed by atoms with E-state index in [9.17, 15) is 29.4 Å². The lowest BCUT2D eigenvalue weighted by molar-refractivity contribution is -0.151. The molecule has 2 N–H and O–H groups in total. The first-order valence-electron chi connectivity index (χ1n) is 11.3. The molecule has 38 heavy (non-hydrogen) atoms. The van der Waals surface area contributed by atoms with E-state index in [0.717, 1.165) is 22.8 Å². The molecule has 0 spiro atoms. The largest absolute Gasteiger partial charge is 0.481 e. The maximum atomic E-state index is 11.8. The highest BCUT2D eigenvalue weighted by molar-refractivity contribution is 8.68. The predicted molar refractivity (Wildman–Crippen MR) is 156 cm³/mol. The molecule has 224 valence electrons. The van der Waals surface area contributed by atoms with Gasteiger partial charge >= 0.3 is 23.9 Å². The SMILES string of the molecule is CCC(C(=O)O)C(CC)(SP(=S)(OC)OC)C(=O)O.CCOC(=O)CC(SP(=S)(OC)OC)C(=O)OCC. The molecule has 18 heteroatoms. The molecule has 3 unspecified atom stereocenters. The standard InChI is InChI=1S/2C10H19O6PS2/c1-5-15-9(11)7-8(10(12)16-6-2)19-17(18,13-3)14-4;1-5-7(8(11)12)10(6-2,9(13)14)19-17(18,15-3)16-4/h8H,5-7H2,1-4H3;7H,5-6H2,1-4H3,(H,11,12)(H,13,14). The Bertz CT molecular complexity index is 859. The molecule has 0 aliphatic heterocycles. The highest BCUT2D eigenvalue weighted by atomic mass is 32.9. The number of ether oxygens (including phenoxy) is 2. The van der Waals surface area contributed by atoms with Gasteiger partial charge in [-0.05, 0) is 50.3 Å². The molecule has 0 aromatic heterocycles. The van der Waals surface area contributed by atoms with E-state index >= 15 is 0 Å². The Kier molecular flexibility index (Phi) is 20.7. The van der Waals surface area contributed by atoms with E-state index in [2.05, 4.69) is 0 Å². The smallest absolute Gasteiger partial charge is 0.321 e. The van der Waals surface area contributed by atoms with Gasteiger partial charge in [0.15, 0.2) is 0 Å². The zero-order valence-corrected chi connectivity index (χ0v) is 27.7. The van der Waals surface area contributed by atoms with Gasteiger partial charge in [0.05, 0.1) is 25.6 Å². The lowest BCUT2D eigenvalue weighted by Crippen LogP contribution is -2.45. The minimum Gasteiger partial charge on any atom is -0.481 e. The van der Waals surface area contributed by atoms with Gasteiger partial charge in [0.25, 0.3) is 0 Å². The minimum atomic E-state index is -2.87. The quantitative estimate of drug-likeness (QED) is 0.153. The summed E-state index contributed by atoms with van der Waals surface area (Å²) in [5.41, 5.74) is -5.52. The molecule has 0 fully saturated rings. The lowest BCUT2D eigenvalue weighted by atomic mass is 9.87. The molecular formula is C20H38O12P2S4. The normalized spacial score (nSPS) is 14.7. The zero-order valence-electron chi connectivity index (χ0n) is 22.7. The Labute approximate surface area is 242 Å². The topological polar surface area (TPSA) is 164 Å². The van der Waals surface area contributed by atoms with Crippen LogP contribution in [0.2, 0.25) is 0 Å². The number of rotatable bonds is 18. The first-order valence-corrected chi connectivity index (χ1v) is 19.4. The average Bonchev–Trinajstić information content (AvgIpc) is 2.88. The third-order valence-electron chi connectivity index (χ3n) is 4.79. The number of carboxylic acid groups (broad SMARTS) is 2. The third-order valence-corrected chi connectivity index (χ3v) is 17.0. The van der Waals surface area contributed by atoms with E-state index in [0.29, 0.717) is 0 Å². The van der Waals surface area contributed by atoms with Gasteiger partial charge in [-0.2, -0.15) is 0 Å². The summed E-state index contributed by atoms with van der Waals surface area (Å²) in [7, 11) is 5.48. The second-order valence-corrected chi connectivity index (χ2v) is 20.2. The van der Waals surface area contributed by atoms with Crippen LogP contribution in [0.15, 0.2) is 0 Å². The molecule has 0 aliphatic carbocycles. The van der Waals surface area contributed by atoms with Crippen molar-refractivity contribution in [1.82, 2.24) is 0 Å². The summed E-state index contributed by atoms with van der Waals surface area (Å²) in [4.78, 5) is 46.2. The molecule has 0 heterocycles. The van der Waals surface area contributed by atoms with Gasteiger partial charge in [0.2, 0.25) is 11.4 Å². The molecular weight excluding hydrogens is 622 g/mol. The summed E-state index contributed by atoms with van der Waals surface area (Å²) in [6.45, 7) is 7.11. The summed E-state index contributed by atoms with van der Waals surface area (Å²) in [6, 6.07) is 0. The van der Waals surface area contributed by atoms with E-state index in [1.54, 1.807) is 27.7 Å². The first kappa shape index (κ1) is 39.9. The summed E-state index contributed by atoms with van der Waals surface area (Å²) >= 11 is 12.1. The van der Waals surface area contributed by atoms with E-state index in [1.165, 1.54) is 28.4 Å². The van der Waals surface area contributed by atoms with Gasteiger partial charge in [-0.3, -0.25) is 19.2 Å². The lowest BCUT2D eigenvalue weighted by Gasteiger charge is -2.35. The van der Waals surface area contributed by atoms with Gasteiger partial charge in [-0.25, -0.2) is 0 Å². The van der Waals surface area contributed by atoms with Gasteiger partial charge < -0.3 is 37.8 Å². The van der Waals surface area contributed by atoms with E-state index < -0.39 is 51.2 Å². The van der Waals surface area contributed by atoms with Crippen molar-refractivity contribution in [2.24, 2.45) is 5.92 Å². The van der Waals surface area contributed by atoms with Crippen molar-refractivity contribution >= 4 is 81.6 Å². The molecule has 0 saturated heterocycles. The fraction of sp³-hybridized carbons (Fsp3) is 0.800. The maximum absolute atomic E-state index is 11.8. The summed E-state index contributed by atoms with van der Waals surface area (Å²) in [5, 5.41) is 18.0. The minimum absolute atomic E-state index is 0.114. The molecule has 0 amide bonds. The summed E-state index contributed by atoms with van der Waals surface area (Å²) in [5.74, 6) is -4.44. The Morgan fingerprint density at radius 2 is 1.32 bits per heavy atom. The Morgan fingerprint density at radius 1 is 0.842 bits per heavy atom. The van der Waals surface area contributed by atoms with E-state index in [1.807, 2.05) is 0 Å². The van der Waals surface area contributed by atoms with Crippen LogP contribution in [0.1, 0.15) is 47.0 Å². The Balaban J connectivity index is 0. The van der Waals surface area contributed by atoms with Crippen molar-refractivity contribution in [2.75, 3.05) is 41.7 Å². The fourth-order valence-electron chi connectivity index (χ4n) is 2.85.